The Kier molecular flexibility index (Phi) is 4.23. The molecule has 2 nitrogen and oxygen atoms in total. The highest BCUT2D eigenvalue weighted by molar-refractivity contribution is 7.10. The largest absolute Gasteiger partial charge is 0.326 e. The van der Waals surface area contributed by atoms with Gasteiger partial charge in [0.2, 0.25) is 0 Å². The quantitative estimate of drug-likeness (QED) is 0.890. The van der Waals surface area contributed by atoms with Gasteiger partial charge in [0.05, 0.1) is 6.04 Å². The SMILES string of the molecule is CCC1CCC(C)N1C(c1cccs1)C(C)N. The fourth-order valence-electron chi connectivity index (χ4n) is 3.14. The van der Waals surface area contributed by atoms with Gasteiger partial charge in [-0.2, -0.15) is 0 Å². The smallest absolute Gasteiger partial charge is 0.0595 e. The molecule has 1 aromatic rings. The van der Waals surface area contributed by atoms with Gasteiger partial charge in [-0.15, -0.1) is 11.3 Å². The molecule has 2 rings (SSSR count). The highest BCUT2D eigenvalue weighted by atomic mass is 32.1. The van der Waals surface area contributed by atoms with Crippen LogP contribution in [0.2, 0.25) is 0 Å². The number of thiophene rings is 1. The summed E-state index contributed by atoms with van der Waals surface area (Å²) in [6.45, 7) is 6.78. The van der Waals surface area contributed by atoms with Gasteiger partial charge in [0.15, 0.2) is 0 Å². The lowest BCUT2D eigenvalue weighted by atomic mass is 10.0. The third kappa shape index (κ3) is 2.56. The lowest BCUT2D eigenvalue weighted by Gasteiger charge is -2.37. The van der Waals surface area contributed by atoms with Crippen molar-refractivity contribution >= 4 is 11.3 Å². The van der Waals surface area contributed by atoms with E-state index in [2.05, 4.69) is 43.2 Å². The van der Waals surface area contributed by atoms with E-state index in [4.69, 9.17) is 5.73 Å². The van der Waals surface area contributed by atoms with Crippen LogP contribution in [0.15, 0.2) is 17.5 Å². The van der Waals surface area contributed by atoms with Crippen LogP contribution in [0.4, 0.5) is 0 Å². The summed E-state index contributed by atoms with van der Waals surface area (Å²) in [5.41, 5.74) is 6.25. The summed E-state index contributed by atoms with van der Waals surface area (Å²) in [6.07, 6.45) is 3.87. The fraction of sp³-hybridized carbons (Fsp3) is 0.714. The van der Waals surface area contributed by atoms with Crippen molar-refractivity contribution in [2.75, 3.05) is 0 Å². The Morgan fingerprint density at radius 2 is 2.29 bits per heavy atom. The maximum absolute atomic E-state index is 6.25. The van der Waals surface area contributed by atoms with Crippen LogP contribution in [0.3, 0.4) is 0 Å². The number of hydrogen-bond acceptors (Lipinski definition) is 3. The van der Waals surface area contributed by atoms with Crippen molar-refractivity contribution in [1.82, 2.24) is 4.90 Å². The Labute approximate surface area is 109 Å². The molecule has 2 heterocycles. The molecule has 1 saturated heterocycles. The van der Waals surface area contributed by atoms with Gasteiger partial charge in [-0.3, -0.25) is 4.90 Å². The van der Waals surface area contributed by atoms with Crippen LogP contribution in [-0.4, -0.2) is 23.0 Å². The molecular weight excluding hydrogens is 228 g/mol. The molecule has 0 amide bonds. The second-order valence-corrected chi connectivity index (χ2v) is 6.23. The standard InChI is InChI=1S/C14H24N2S/c1-4-12-8-7-10(2)16(12)14(11(3)15)13-6-5-9-17-13/h5-6,9-12,14H,4,7-8,15H2,1-3H3. The second kappa shape index (κ2) is 5.51. The van der Waals surface area contributed by atoms with Gasteiger partial charge in [-0.25, -0.2) is 0 Å². The highest BCUT2D eigenvalue weighted by Crippen LogP contribution is 2.37. The Morgan fingerprint density at radius 3 is 2.82 bits per heavy atom. The van der Waals surface area contributed by atoms with Crippen molar-refractivity contribution in [2.24, 2.45) is 5.73 Å². The number of likely N-dealkylation sites (tertiary alicyclic amines) is 1. The lowest BCUT2D eigenvalue weighted by Crippen LogP contribution is -2.44. The van der Waals surface area contributed by atoms with E-state index in [9.17, 15) is 0 Å². The molecule has 1 aromatic heterocycles. The van der Waals surface area contributed by atoms with Crippen LogP contribution in [0.25, 0.3) is 0 Å². The molecule has 0 aliphatic carbocycles. The minimum absolute atomic E-state index is 0.197. The first kappa shape index (κ1) is 13.1. The Hall–Kier alpha value is -0.380. The number of nitrogens with two attached hydrogens (primary N) is 1. The van der Waals surface area contributed by atoms with Crippen LogP contribution >= 0.6 is 11.3 Å². The van der Waals surface area contributed by atoms with Crippen LogP contribution < -0.4 is 5.73 Å². The summed E-state index contributed by atoms with van der Waals surface area (Å²) in [5.74, 6) is 0. The fourth-order valence-corrected chi connectivity index (χ4v) is 4.09. The summed E-state index contributed by atoms with van der Waals surface area (Å²) < 4.78 is 0. The van der Waals surface area contributed by atoms with Gasteiger partial charge < -0.3 is 5.73 Å². The van der Waals surface area contributed by atoms with Gasteiger partial charge in [0, 0.05) is 23.0 Å². The van der Waals surface area contributed by atoms with Crippen molar-refractivity contribution in [3.63, 3.8) is 0 Å². The van der Waals surface area contributed by atoms with Crippen molar-refractivity contribution in [2.45, 2.75) is 64.2 Å². The van der Waals surface area contributed by atoms with Crippen LogP contribution in [0.1, 0.15) is 51.0 Å². The summed E-state index contributed by atoms with van der Waals surface area (Å²) in [7, 11) is 0. The first-order valence-corrected chi connectivity index (χ1v) is 7.59. The minimum atomic E-state index is 0.197. The van der Waals surface area contributed by atoms with E-state index in [1.54, 1.807) is 0 Å². The molecule has 1 aliphatic rings. The van der Waals surface area contributed by atoms with Crippen molar-refractivity contribution in [3.05, 3.63) is 22.4 Å². The highest BCUT2D eigenvalue weighted by Gasteiger charge is 2.37. The molecule has 17 heavy (non-hydrogen) atoms. The van der Waals surface area contributed by atoms with E-state index in [-0.39, 0.29) is 6.04 Å². The maximum atomic E-state index is 6.25. The van der Waals surface area contributed by atoms with Crippen LogP contribution in [-0.2, 0) is 0 Å². The zero-order valence-electron chi connectivity index (χ0n) is 11.1. The third-order valence-electron chi connectivity index (χ3n) is 3.97. The summed E-state index contributed by atoms with van der Waals surface area (Å²) >= 11 is 1.84. The molecule has 1 aliphatic heterocycles. The first-order chi connectivity index (χ1) is 8.15. The molecule has 0 radical (unpaired) electrons. The minimum Gasteiger partial charge on any atom is -0.326 e. The van der Waals surface area contributed by atoms with E-state index in [0.717, 1.165) is 0 Å². The Bertz CT molecular complexity index is 334. The Balaban J connectivity index is 2.26. The van der Waals surface area contributed by atoms with Gasteiger partial charge >= 0.3 is 0 Å². The Morgan fingerprint density at radius 1 is 1.53 bits per heavy atom. The molecule has 4 atom stereocenters. The molecule has 0 spiro atoms. The molecule has 1 fully saturated rings. The van der Waals surface area contributed by atoms with E-state index >= 15 is 0 Å². The predicted octanol–water partition coefficient (Wildman–Crippen LogP) is 3.40. The lowest BCUT2D eigenvalue weighted by molar-refractivity contribution is 0.119. The third-order valence-corrected chi connectivity index (χ3v) is 4.92. The van der Waals surface area contributed by atoms with Crippen molar-refractivity contribution in [3.8, 4) is 0 Å². The summed E-state index contributed by atoms with van der Waals surface area (Å²) in [4.78, 5) is 4.09. The summed E-state index contributed by atoms with van der Waals surface area (Å²) in [5, 5.41) is 2.16. The molecule has 0 saturated carbocycles. The van der Waals surface area contributed by atoms with Gasteiger partial charge in [-0.1, -0.05) is 13.0 Å². The molecule has 2 N–H and O–H groups in total. The van der Waals surface area contributed by atoms with Crippen molar-refractivity contribution < 1.29 is 0 Å². The average Bonchev–Trinajstić information content (AvgIpc) is 2.90. The van der Waals surface area contributed by atoms with E-state index in [1.807, 2.05) is 11.3 Å². The molecule has 0 bridgehead atoms. The number of rotatable bonds is 4. The first-order valence-electron chi connectivity index (χ1n) is 6.71. The number of hydrogen-bond donors (Lipinski definition) is 1. The van der Waals surface area contributed by atoms with E-state index < -0.39 is 0 Å². The number of nitrogens with zero attached hydrogens (tertiary/aromatic N) is 1. The topological polar surface area (TPSA) is 29.3 Å². The molecule has 0 aromatic carbocycles. The monoisotopic (exact) mass is 252 g/mol. The average molecular weight is 252 g/mol. The predicted molar refractivity (Wildman–Crippen MR) is 75.3 cm³/mol. The molecule has 3 heteroatoms. The molecular formula is C14H24N2S. The van der Waals surface area contributed by atoms with Crippen LogP contribution in [0.5, 0.6) is 0 Å². The van der Waals surface area contributed by atoms with Gasteiger partial charge in [0.1, 0.15) is 0 Å². The van der Waals surface area contributed by atoms with Crippen molar-refractivity contribution in [1.29, 1.82) is 0 Å². The van der Waals surface area contributed by atoms with Crippen LogP contribution in [0, 0.1) is 0 Å². The molecule has 4 unspecified atom stereocenters. The maximum Gasteiger partial charge on any atom is 0.0595 e. The normalized spacial score (nSPS) is 29.4. The molecule has 96 valence electrons. The summed E-state index contributed by atoms with van der Waals surface area (Å²) in [6, 6.07) is 6.34. The van der Waals surface area contributed by atoms with Gasteiger partial charge in [0.25, 0.3) is 0 Å². The van der Waals surface area contributed by atoms with E-state index in [0.29, 0.717) is 18.1 Å². The second-order valence-electron chi connectivity index (χ2n) is 5.26. The van der Waals surface area contributed by atoms with Gasteiger partial charge in [-0.05, 0) is 44.6 Å². The zero-order valence-corrected chi connectivity index (χ0v) is 11.9. The van der Waals surface area contributed by atoms with E-state index in [1.165, 1.54) is 24.1 Å². The zero-order chi connectivity index (χ0) is 12.4.